The number of thioether (sulfide) groups is 1. The lowest BCUT2D eigenvalue weighted by molar-refractivity contribution is 0.382. The molecule has 5 heteroatoms. The van der Waals surface area contributed by atoms with Gasteiger partial charge in [-0.25, -0.2) is 4.39 Å². The Labute approximate surface area is 120 Å². The Morgan fingerprint density at radius 1 is 1.16 bits per heavy atom. The average molecular weight is 292 g/mol. The molecule has 0 aromatic rings. The fourth-order valence-corrected chi connectivity index (χ4v) is 2.18. The van der Waals surface area contributed by atoms with Crippen LogP contribution in [0.5, 0.6) is 0 Å². The first kappa shape index (κ1) is 20.3. The summed E-state index contributed by atoms with van der Waals surface area (Å²) in [5, 5.41) is 0. The summed E-state index contributed by atoms with van der Waals surface area (Å²) in [6.45, 7) is 8.03. The zero-order valence-corrected chi connectivity index (χ0v) is 13.1. The van der Waals surface area contributed by atoms with Crippen LogP contribution in [-0.4, -0.2) is 36.7 Å². The van der Waals surface area contributed by atoms with Crippen molar-refractivity contribution in [3.8, 4) is 0 Å². The quantitative estimate of drug-likeness (QED) is 0.783. The van der Waals surface area contributed by atoms with E-state index in [1.54, 1.807) is 6.92 Å². The average Bonchev–Trinajstić information content (AvgIpc) is 2.48. The number of hydrogen-bond acceptors (Lipinski definition) is 3. The number of hydrogen-bond donors (Lipinski definition) is 1. The predicted octanol–water partition coefficient (Wildman–Crippen LogP) is 3.88. The third-order valence-corrected chi connectivity index (χ3v) is 3.17. The van der Waals surface area contributed by atoms with E-state index in [-0.39, 0.29) is 0 Å². The Balaban J connectivity index is 0. The summed E-state index contributed by atoms with van der Waals surface area (Å²) in [5.74, 6) is 2.49. The van der Waals surface area contributed by atoms with E-state index < -0.39 is 0 Å². The highest BCUT2D eigenvalue weighted by Gasteiger charge is 2.09. The van der Waals surface area contributed by atoms with Crippen LogP contribution in [0.15, 0.2) is 36.0 Å². The van der Waals surface area contributed by atoms with Crippen LogP contribution in [0.1, 0.15) is 20.8 Å². The van der Waals surface area contributed by atoms with E-state index in [0.717, 1.165) is 5.70 Å². The molecular formula is C14H26F2N2S. The summed E-state index contributed by atoms with van der Waals surface area (Å²) in [5.41, 5.74) is 7.75. The standard InChI is InChI=1S/C10H18N2S.C3H5F.CH3F/c1-9(11)3-4-10(2)12-5-7-13-8-6-12;1-2-3-4;1-2/h3-4H,5-8,11H2,1-2H3;2-3H,1H3;1H3/b9-3+,10-4+;3-2+;. The largest absolute Gasteiger partial charge is 0.402 e. The first-order valence-corrected chi connectivity index (χ1v) is 7.29. The molecule has 2 N–H and O–H groups in total. The molecule has 1 rings (SSSR count). The number of alkyl halides is 1. The predicted molar refractivity (Wildman–Crippen MR) is 83.6 cm³/mol. The van der Waals surface area contributed by atoms with Gasteiger partial charge in [0.05, 0.1) is 13.5 Å². The molecule has 0 saturated carbocycles. The van der Waals surface area contributed by atoms with Gasteiger partial charge in [0, 0.05) is 36.0 Å². The minimum Gasteiger partial charge on any atom is -0.402 e. The van der Waals surface area contributed by atoms with E-state index in [2.05, 4.69) is 17.9 Å². The van der Waals surface area contributed by atoms with Gasteiger partial charge in [-0.15, -0.1) is 0 Å². The Bertz CT molecular complexity index is 275. The maximum atomic E-state index is 10.5. The van der Waals surface area contributed by atoms with Crippen LogP contribution < -0.4 is 5.73 Å². The van der Waals surface area contributed by atoms with Crippen molar-refractivity contribution in [2.24, 2.45) is 5.73 Å². The van der Waals surface area contributed by atoms with Crippen LogP contribution in [0.3, 0.4) is 0 Å². The van der Waals surface area contributed by atoms with Crippen LogP contribution in [0, 0.1) is 0 Å². The molecule has 1 heterocycles. The minimum atomic E-state index is 0.500. The van der Waals surface area contributed by atoms with Crippen molar-refractivity contribution < 1.29 is 8.78 Å². The molecule has 0 unspecified atom stereocenters. The Morgan fingerprint density at radius 3 is 2.00 bits per heavy atom. The van der Waals surface area contributed by atoms with E-state index in [1.807, 2.05) is 24.8 Å². The second kappa shape index (κ2) is 15.1. The van der Waals surface area contributed by atoms with Crippen molar-refractivity contribution >= 4 is 11.8 Å². The molecule has 0 spiro atoms. The second-order valence-electron chi connectivity index (χ2n) is 3.78. The number of rotatable bonds is 2. The van der Waals surface area contributed by atoms with Crippen molar-refractivity contribution in [3.05, 3.63) is 36.0 Å². The Morgan fingerprint density at radius 2 is 1.63 bits per heavy atom. The molecule has 0 bridgehead atoms. The van der Waals surface area contributed by atoms with Gasteiger partial charge in [0.1, 0.15) is 0 Å². The third-order valence-electron chi connectivity index (χ3n) is 2.22. The topological polar surface area (TPSA) is 29.3 Å². The molecule has 112 valence electrons. The number of nitrogens with two attached hydrogens (primary N) is 1. The molecule has 0 atom stereocenters. The summed E-state index contributed by atoms with van der Waals surface area (Å²) in [7, 11) is 0.500. The van der Waals surface area contributed by atoms with Crippen molar-refractivity contribution in [2.45, 2.75) is 20.8 Å². The van der Waals surface area contributed by atoms with Crippen molar-refractivity contribution in [2.75, 3.05) is 31.8 Å². The number of halogens is 2. The van der Waals surface area contributed by atoms with Gasteiger partial charge in [0.15, 0.2) is 0 Å². The maximum absolute atomic E-state index is 10.5. The molecule has 0 amide bonds. The highest BCUT2D eigenvalue weighted by molar-refractivity contribution is 7.99. The molecule has 0 aromatic carbocycles. The maximum Gasteiger partial charge on any atom is 0.0824 e. The summed E-state index contributed by atoms with van der Waals surface area (Å²) >= 11 is 2.03. The lowest BCUT2D eigenvalue weighted by atomic mass is 10.3. The molecule has 0 aliphatic carbocycles. The number of allylic oxidation sites excluding steroid dienone is 5. The Kier molecular flexibility index (Phi) is 16.2. The normalized spacial score (nSPS) is 16.4. The molecule has 0 aromatic heterocycles. The highest BCUT2D eigenvalue weighted by atomic mass is 32.2. The van der Waals surface area contributed by atoms with E-state index in [0.29, 0.717) is 13.5 Å². The lowest BCUT2D eigenvalue weighted by Crippen LogP contribution is -2.30. The molecule has 1 aliphatic heterocycles. The van der Waals surface area contributed by atoms with Crippen LogP contribution in [0.25, 0.3) is 0 Å². The third kappa shape index (κ3) is 13.3. The SMILES string of the molecule is C/C(N)=C\C=C(/C)N1CCSCC1.C/C=C/F.CF. The van der Waals surface area contributed by atoms with Gasteiger partial charge in [-0.05, 0) is 32.9 Å². The van der Waals surface area contributed by atoms with Crippen LogP contribution in [0.4, 0.5) is 8.78 Å². The van der Waals surface area contributed by atoms with Gasteiger partial charge in [-0.1, -0.05) is 6.08 Å². The molecule has 1 saturated heterocycles. The zero-order valence-electron chi connectivity index (χ0n) is 12.3. The highest BCUT2D eigenvalue weighted by Crippen LogP contribution is 2.13. The lowest BCUT2D eigenvalue weighted by Gasteiger charge is -2.28. The number of nitrogens with zero attached hydrogens (tertiary/aromatic N) is 1. The van der Waals surface area contributed by atoms with Crippen molar-refractivity contribution in [3.63, 3.8) is 0 Å². The molecule has 0 radical (unpaired) electrons. The molecule has 1 fully saturated rings. The Hall–Kier alpha value is -0.970. The summed E-state index contributed by atoms with van der Waals surface area (Å²) in [6, 6.07) is 0. The first-order chi connectivity index (χ1) is 9.11. The summed E-state index contributed by atoms with van der Waals surface area (Å²) < 4.78 is 20.0. The van der Waals surface area contributed by atoms with Gasteiger partial charge >= 0.3 is 0 Å². The van der Waals surface area contributed by atoms with E-state index in [1.165, 1.54) is 36.4 Å². The van der Waals surface area contributed by atoms with Crippen LogP contribution in [-0.2, 0) is 0 Å². The first-order valence-electron chi connectivity index (χ1n) is 6.14. The molecule has 2 nitrogen and oxygen atoms in total. The van der Waals surface area contributed by atoms with E-state index in [9.17, 15) is 8.78 Å². The fraction of sp³-hybridized carbons (Fsp3) is 0.571. The van der Waals surface area contributed by atoms with Crippen LogP contribution in [0.2, 0.25) is 0 Å². The van der Waals surface area contributed by atoms with Crippen molar-refractivity contribution in [1.29, 1.82) is 0 Å². The van der Waals surface area contributed by atoms with Gasteiger partial charge in [-0.3, -0.25) is 4.39 Å². The fourth-order valence-electron chi connectivity index (χ4n) is 1.27. The second-order valence-corrected chi connectivity index (χ2v) is 5.00. The smallest absolute Gasteiger partial charge is 0.0824 e. The van der Waals surface area contributed by atoms with E-state index >= 15 is 0 Å². The summed E-state index contributed by atoms with van der Waals surface area (Å²) in [4.78, 5) is 2.41. The van der Waals surface area contributed by atoms with Crippen LogP contribution >= 0.6 is 11.8 Å². The molecule has 1 aliphatic rings. The molecular weight excluding hydrogens is 266 g/mol. The van der Waals surface area contributed by atoms with Gasteiger partial charge in [0.2, 0.25) is 0 Å². The zero-order chi connectivity index (χ0) is 15.1. The van der Waals surface area contributed by atoms with Gasteiger partial charge in [-0.2, -0.15) is 11.8 Å². The van der Waals surface area contributed by atoms with Crippen molar-refractivity contribution in [1.82, 2.24) is 4.90 Å². The summed E-state index contributed by atoms with van der Waals surface area (Å²) in [6.07, 6.45) is 5.91. The molecule has 19 heavy (non-hydrogen) atoms. The van der Waals surface area contributed by atoms with Gasteiger partial charge < -0.3 is 10.6 Å². The van der Waals surface area contributed by atoms with E-state index in [4.69, 9.17) is 5.73 Å². The monoisotopic (exact) mass is 292 g/mol. The minimum absolute atomic E-state index is 0.500. The van der Waals surface area contributed by atoms with Gasteiger partial charge in [0.25, 0.3) is 0 Å².